The van der Waals surface area contributed by atoms with E-state index >= 15 is 0 Å². The number of aromatic nitrogens is 1. The van der Waals surface area contributed by atoms with Gasteiger partial charge in [0.1, 0.15) is 11.5 Å². The zero-order valence-corrected chi connectivity index (χ0v) is 14.6. The van der Waals surface area contributed by atoms with Gasteiger partial charge in [0.2, 0.25) is 0 Å². The Hall–Kier alpha value is -2.00. The standard InChI is InChI=1S/C17H18F3N3O2S/c18-17(19,20)15-4-3-12(10-21-15)16(24)22-11-13(14-2-1-7-25-14)23-5-8-26-9-6-23/h1-4,7,10,13H,5-6,8-9,11H2,(H,22,24)/t13-/m1/s1. The summed E-state index contributed by atoms with van der Waals surface area (Å²) in [5, 5.41) is 2.77. The first kappa shape index (κ1) is 18.8. The maximum absolute atomic E-state index is 12.6. The minimum Gasteiger partial charge on any atom is -0.468 e. The normalized spacial score (nSPS) is 17.0. The zero-order chi connectivity index (χ0) is 18.6. The van der Waals surface area contributed by atoms with Crippen molar-refractivity contribution >= 4 is 17.7 Å². The first-order chi connectivity index (χ1) is 12.4. The van der Waals surface area contributed by atoms with E-state index in [4.69, 9.17) is 4.42 Å². The van der Waals surface area contributed by atoms with Crippen molar-refractivity contribution in [2.75, 3.05) is 31.1 Å². The van der Waals surface area contributed by atoms with Crippen LogP contribution in [-0.2, 0) is 6.18 Å². The second-order valence-corrected chi connectivity index (χ2v) is 7.04. The summed E-state index contributed by atoms with van der Waals surface area (Å²) in [7, 11) is 0. The molecule has 5 nitrogen and oxygen atoms in total. The predicted octanol–water partition coefficient (Wildman–Crippen LogP) is 3.21. The van der Waals surface area contributed by atoms with Crippen LogP contribution < -0.4 is 5.32 Å². The van der Waals surface area contributed by atoms with E-state index < -0.39 is 17.8 Å². The molecule has 1 aliphatic rings. The van der Waals surface area contributed by atoms with E-state index in [1.807, 2.05) is 17.8 Å². The molecule has 0 bridgehead atoms. The van der Waals surface area contributed by atoms with Crippen LogP contribution in [0.3, 0.4) is 0 Å². The molecule has 2 aromatic rings. The van der Waals surface area contributed by atoms with Gasteiger partial charge in [0.05, 0.1) is 17.9 Å². The van der Waals surface area contributed by atoms with Crippen LogP contribution in [0.15, 0.2) is 41.1 Å². The zero-order valence-electron chi connectivity index (χ0n) is 13.8. The summed E-state index contributed by atoms with van der Waals surface area (Å²) in [6, 6.07) is 5.48. The maximum Gasteiger partial charge on any atom is 0.433 e. The number of thioether (sulfide) groups is 1. The van der Waals surface area contributed by atoms with Gasteiger partial charge in [-0.2, -0.15) is 24.9 Å². The van der Waals surface area contributed by atoms with Gasteiger partial charge in [-0.1, -0.05) is 0 Å². The van der Waals surface area contributed by atoms with Crippen LogP contribution in [0, 0.1) is 0 Å². The Morgan fingerprint density at radius 1 is 1.31 bits per heavy atom. The molecule has 1 saturated heterocycles. The Balaban J connectivity index is 1.65. The number of nitrogens with one attached hydrogen (secondary N) is 1. The SMILES string of the molecule is O=C(NC[C@H](c1ccco1)N1CCSCC1)c1ccc(C(F)(F)F)nc1. The summed E-state index contributed by atoms with van der Waals surface area (Å²) in [6.07, 6.45) is -1.99. The summed E-state index contributed by atoms with van der Waals surface area (Å²) in [4.78, 5) is 17.8. The smallest absolute Gasteiger partial charge is 0.433 e. The fraction of sp³-hybridized carbons (Fsp3) is 0.412. The molecular formula is C17H18F3N3O2S. The number of alkyl halides is 3. The number of pyridine rings is 1. The third-order valence-corrected chi connectivity index (χ3v) is 5.07. The molecule has 1 fully saturated rings. The van der Waals surface area contributed by atoms with Crippen LogP contribution in [0.25, 0.3) is 0 Å². The fourth-order valence-electron chi connectivity index (χ4n) is 2.77. The van der Waals surface area contributed by atoms with Crippen molar-refractivity contribution in [2.45, 2.75) is 12.2 Å². The summed E-state index contributed by atoms with van der Waals surface area (Å²) in [6.45, 7) is 2.07. The first-order valence-corrected chi connectivity index (χ1v) is 9.27. The lowest BCUT2D eigenvalue weighted by Gasteiger charge is -2.33. The number of amides is 1. The van der Waals surface area contributed by atoms with E-state index in [-0.39, 0.29) is 11.6 Å². The molecule has 140 valence electrons. The van der Waals surface area contributed by atoms with Crippen molar-refractivity contribution in [3.63, 3.8) is 0 Å². The molecule has 9 heteroatoms. The quantitative estimate of drug-likeness (QED) is 0.857. The molecule has 0 unspecified atom stereocenters. The largest absolute Gasteiger partial charge is 0.468 e. The second-order valence-electron chi connectivity index (χ2n) is 5.82. The van der Waals surface area contributed by atoms with Gasteiger partial charge in [0.25, 0.3) is 5.91 Å². The molecule has 26 heavy (non-hydrogen) atoms. The van der Waals surface area contributed by atoms with Gasteiger partial charge >= 0.3 is 6.18 Å². The van der Waals surface area contributed by atoms with E-state index in [0.29, 0.717) is 6.54 Å². The highest BCUT2D eigenvalue weighted by Crippen LogP contribution is 2.27. The second kappa shape index (κ2) is 8.13. The highest BCUT2D eigenvalue weighted by molar-refractivity contribution is 7.99. The number of rotatable bonds is 5. The Labute approximate surface area is 153 Å². The van der Waals surface area contributed by atoms with Gasteiger partial charge in [-0.25, -0.2) is 0 Å². The number of nitrogens with zero attached hydrogens (tertiary/aromatic N) is 2. The summed E-state index contributed by atoms with van der Waals surface area (Å²) in [5.74, 6) is 2.30. The van der Waals surface area contributed by atoms with Crippen LogP contribution in [0.5, 0.6) is 0 Å². The molecule has 1 amide bonds. The summed E-state index contributed by atoms with van der Waals surface area (Å²) >= 11 is 1.88. The number of hydrogen-bond acceptors (Lipinski definition) is 5. The maximum atomic E-state index is 12.6. The average Bonchev–Trinajstić information content (AvgIpc) is 3.16. The van der Waals surface area contributed by atoms with Gasteiger partial charge in [0.15, 0.2) is 0 Å². The van der Waals surface area contributed by atoms with Crippen molar-refractivity contribution < 1.29 is 22.4 Å². The van der Waals surface area contributed by atoms with Gasteiger partial charge in [-0.05, 0) is 24.3 Å². The molecule has 2 aromatic heterocycles. The molecule has 1 aliphatic heterocycles. The molecule has 0 radical (unpaired) electrons. The molecule has 0 aliphatic carbocycles. The lowest BCUT2D eigenvalue weighted by atomic mass is 10.1. The fourth-order valence-corrected chi connectivity index (χ4v) is 3.70. The molecule has 0 aromatic carbocycles. The Morgan fingerprint density at radius 3 is 2.65 bits per heavy atom. The van der Waals surface area contributed by atoms with Crippen molar-refractivity contribution in [3.05, 3.63) is 53.7 Å². The van der Waals surface area contributed by atoms with Gasteiger partial charge in [0, 0.05) is 37.3 Å². The van der Waals surface area contributed by atoms with Crippen LogP contribution in [0.4, 0.5) is 13.2 Å². The predicted molar refractivity (Wildman–Crippen MR) is 91.9 cm³/mol. The van der Waals surface area contributed by atoms with Crippen LogP contribution >= 0.6 is 11.8 Å². The van der Waals surface area contributed by atoms with Gasteiger partial charge < -0.3 is 9.73 Å². The number of furan rings is 1. The Morgan fingerprint density at radius 2 is 2.08 bits per heavy atom. The molecular weight excluding hydrogens is 367 g/mol. The molecule has 3 heterocycles. The van der Waals surface area contributed by atoms with E-state index in [2.05, 4.69) is 15.2 Å². The van der Waals surface area contributed by atoms with E-state index in [1.54, 1.807) is 12.3 Å². The minimum absolute atomic E-state index is 0.0883. The number of carbonyl (C=O) groups excluding carboxylic acids is 1. The van der Waals surface area contributed by atoms with Crippen molar-refractivity contribution in [1.29, 1.82) is 0 Å². The van der Waals surface area contributed by atoms with Gasteiger partial charge in [-0.15, -0.1) is 0 Å². The van der Waals surface area contributed by atoms with Crippen molar-refractivity contribution in [3.8, 4) is 0 Å². The topological polar surface area (TPSA) is 58.4 Å². The van der Waals surface area contributed by atoms with Crippen LogP contribution in [0.2, 0.25) is 0 Å². The number of halogens is 3. The third kappa shape index (κ3) is 4.59. The number of carbonyl (C=O) groups is 1. The average molecular weight is 385 g/mol. The first-order valence-electron chi connectivity index (χ1n) is 8.12. The minimum atomic E-state index is -4.52. The highest BCUT2D eigenvalue weighted by Gasteiger charge is 2.32. The van der Waals surface area contributed by atoms with E-state index in [9.17, 15) is 18.0 Å². The Bertz CT molecular complexity index is 714. The summed E-state index contributed by atoms with van der Waals surface area (Å²) in [5.41, 5.74) is -0.932. The van der Waals surface area contributed by atoms with Crippen LogP contribution in [0.1, 0.15) is 27.9 Å². The highest BCUT2D eigenvalue weighted by atomic mass is 32.2. The number of hydrogen-bond donors (Lipinski definition) is 1. The lowest BCUT2D eigenvalue weighted by molar-refractivity contribution is -0.141. The molecule has 1 atom stereocenters. The van der Waals surface area contributed by atoms with Crippen molar-refractivity contribution in [1.82, 2.24) is 15.2 Å². The van der Waals surface area contributed by atoms with E-state index in [1.165, 1.54) is 0 Å². The Kier molecular flexibility index (Phi) is 5.87. The lowest BCUT2D eigenvalue weighted by Crippen LogP contribution is -2.42. The molecule has 1 N–H and O–H groups in total. The monoisotopic (exact) mass is 385 g/mol. The van der Waals surface area contributed by atoms with Gasteiger partial charge in [-0.3, -0.25) is 14.7 Å². The van der Waals surface area contributed by atoms with Crippen LogP contribution in [-0.4, -0.2) is 46.9 Å². The molecule has 0 spiro atoms. The third-order valence-electron chi connectivity index (χ3n) is 4.13. The summed E-state index contributed by atoms with van der Waals surface area (Å²) < 4.78 is 43.2. The molecule has 0 saturated carbocycles. The van der Waals surface area contributed by atoms with E-state index in [0.717, 1.165) is 48.7 Å². The molecule has 3 rings (SSSR count). The van der Waals surface area contributed by atoms with Crippen molar-refractivity contribution in [2.24, 2.45) is 0 Å².